The molecule has 0 aliphatic rings. The smallest absolute Gasteiger partial charge is 0.232 e. The minimum atomic E-state index is -0.598. The van der Waals surface area contributed by atoms with E-state index < -0.39 is 6.10 Å². The lowest BCUT2D eigenvalue weighted by Crippen LogP contribution is -2.20. The van der Waals surface area contributed by atoms with Crippen molar-refractivity contribution in [3.05, 3.63) is 34.4 Å². The van der Waals surface area contributed by atoms with Gasteiger partial charge in [0.05, 0.1) is 12.0 Å². The van der Waals surface area contributed by atoms with Gasteiger partial charge in [0.15, 0.2) is 0 Å². The van der Waals surface area contributed by atoms with E-state index in [1.807, 2.05) is 13.8 Å². The Morgan fingerprint density at radius 2 is 2.00 bits per heavy atom. The molecule has 4 nitrogen and oxygen atoms in total. The van der Waals surface area contributed by atoms with Gasteiger partial charge in [-0.05, 0) is 31.0 Å². The molecule has 108 valence electrons. The van der Waals surface area contributed by atoms with E-state index in [0.29, 0.717) is 21.8 Å². The van der Waals surface area contributed by atoms with E-state index in [9.17, 15) is 9.50 Å². The third kappa shape index (κ3) is 3.07. The number of hydrogen-bond donors (Lipinski definition) is 1. The molecule has 0 saturated carbocycles. The molecule has 20 heavy (non-hydrogen) atoms. The van der Waals surface area contributed by atoms with Crippen molar-refractivity contribution >= 4 is 15.9 Å². The highest BCUT2D eigenvalue weighted by molar-refractivity contribution is 9.10. The zero-order valence-electron chi connectivity index (χ0n) is 11.5. The monoisotopic (exact) mass is 342 g/mol. The van der Waals surface area contributed by atoms with Crippen LogP contribution in [0.25, 0.3) is 11.4 Å². The van der Waals surface area contributed by atoms with Crippen LogP contribution in [-0.4, -0.2) is 21.4 Å². The molecule has 0 aliphatic heterocycles. The number of halogens is 2. The summed E-state index contributed by atoms with van der Waals surface area (Å²) in [5, 5.41) is 13.7. The van der Waals surface area contributed by atoms with Gasteiger partial charge >= 0.3 is 0 Å². The second kappa shape index (κ2) is 6.01. The van der Waals surface area contributed by atoms with E-state index >= 15 is 0 Å². The molecule has 0 aliphatic carbocycles. The van der Waals surface area contributed by atoms with Crippen LogP contribution in [-0.2, 0) is 0 Å². The van der Waals surface area contributed by atoms with E-state index in [1.165, 1.54) is 12.1 Å². The summed E-state index contributed by atoms with van der Waals surface area (Å²) in [5.41, 5.74) is 0.521. The van der Waals surface area contributed by atoms with Gasteiger partial charge in [0, 0.05) is 10.0 Å². The summed E-state index contributed by atoms with van der Waals surface area (Å²) in [4.78, 5) is 4.29. The molecular formula is C14H16BrFN2O2. The van der Waals surface area contributed by atoms with Crippen molar-refractivity contribution in [2.75, 3.05) is 0 Å². The molecule has 2 rings (SSSR count). The first-order valence-corrected chi connectivity index (χ1v) is 7.16. The fourth-order valence-corrected chi connectivity index (χ4v) is 2.62. The van der Waals surface area contributed by atoms with E-state index in [4.69, 9.17) is 4.52 Å². The van der Waals surface area contributed by atoms with Crippen LogP contribution in [0.4, 0.5) is 4.39 Å². The largest absolute Gasteiger partial charge is 0.393 e. The van der Waals surface area contributed by atoms with E-state index in [-0.39, 0.29) is 17.7 Å². The Morgan fingerprint density at radius 1 is 1.30 bits per heavy atom. The van der Waals surface area contributed by atoms with E-state index in [1.54, 1.807) is 13.0 Å². The summed E-state index contributed by atoms with van der Waals surface area (Å²) in [7, 11) is 0. The summed E-state index contributed by atoms with van der Waals surface area (Å²) in [6.45, 7) is 5.63. The van der Waals surface area contributed by atoms with Gasteiger partial charge in [-0.3, -0.25) is 0 Å². The van der Waals surface area contributed by atoms with Crippen molar-refractivity contribution in [1.29, 1.82) is 0 Å². The van der Waals surface area contributed by atoms with Crippen molar-refractivity contribution in [2.24, 2.45) is 5.92 Å². The molecule has 0 bridgehead atoms. The summed E-state index contributed by atoms with van der Waals surface area (Å²) in [6, 6.07) is 4.28. The van der Waals surface area contributed by atoms with Crippen LogP contribution in [0, 0.1) is 11.7 Å². The quantitative estimate of drug-likeness (QED) is 0.918. The maximum Gasteiger partial charge on any atom is 0.232 e. The Hall–Kier alpha value is -1.27. The minimum absolute atomic E-state index is 0.152. The second-order valence-corrected chi connectivity index (χ2v) is 5.95. The molecule has 2 aromatic rings. The number of benzene rings is 1. The summed E-state index contributed by atoms with van der Waals surface area (Å²) >= 11 is 3.33. The maximum atomic E-state index is 13.3. The van der Waals surface area contributed by atoms with Gasteiger partial charge in [0.2, 0.25) is 11.7 Å². The van der Waals surface area contributed by atoms with Crippen molar-refractivity contribution in [3.8, 4) is 11.4 Å². The van der Waals surface area contributed by atoms with Crippen LogP contribution >= 0.6 is 15.9 Å². The number of aromatic nitrogens is 2. The predicted octanol–water partition coefficient (Wildman–Crippen LogP) is 3.76. The van der Waals surface area contributed by atoms with Crippen LogP contribution in [0.1, 0.15) is 32.6 Å². The maximum absolute atomic E-state index is 13.3. The standard InChI is InChI=1S/C14H16BrFN2O2/c1-7(2)12(8(3)19)14-17-13(18-20-14)10-6-9(16)4-5-11(10)15/h4-8,12,19H,1-3H3. The van der Waals surface area contributed by atoms with Crippen molar-refractivity contribution in [1.82, 2.24) is 10.1 Å². The Balaban J connectivity index is 2.40. The Kier molecular flexibility index (Phi) is 4.55. The summed E-state index contributed by atoms with van der Waals surface area (Å²) < 4.78 is 19.2. The van der Waals surface area contributed by atoms with Gasteiger partial charge in [-0.2, -0.15) is 4.98 Å². The molecule has 1 aromatic carbocycles. The highest BCUT2D eigenvalue weighted by atomic mass is 79.9. The third-order valence-electron chi connectivity index (χ3n) is 3.13. The molecule has 2 unspecified atom stereocenters. The van der Waals surface area contributed by atoms with Crippen LogP contribution in [0.15, 0.2) is 27.2 Å². The number of aliphatic hydroxyl groups excluding tert-OH is 1. The summed E-state index contributed by atoms with van der Waals surface area (Å²) in [6.07, 6.45) is -0.598. The van der Waals surface area contributed by atoms with Crippen LogP contribution in [0.5, 0.6) is 0 Å². The van der Waals surface area contributed by atoms with Gasteiger partial charge in [-0.1, -0.05) is 34.9 Å². The second-order valence-electron chi connectivity index (χ2n) is 5.09. The predicted molar refractivity (Wildman–Crippen MR) is 76.7 cm³/mol. The zero-order valence-corrected chi connectivity index (χ0v) is 13.1. The lowest BCUT2D eigenvalue weighted by Gasteiger charge is -2.19. The van der Waals surface area contributed by atoms with E-state index in [2.05, 4.69) is 26.1 Å². The highest BCUT2D eigenvalue weighted by Crippen LogP contribution is 2.31. The third-order valence-corrected chi connectivity index (χ3v) is 3.83. The first-order chi connectivity index (χ1) is 9.40. The van der Waals surface area contributed by atoms with Crippen LogP contribution < -0.4 is 0 Å². The van der Waals surface area contributed by atoms with Gasteiger partial charge < -0.3 is 9.63 Å². The fraction of sp³-hybridized carbons (Fsp3) is 0.429. The number of aliphatic hydroxyl groups is 1. The minimum Gasteiger partial charge on any atom is -0.393 e. The van der Waals surface area contributed by atoms with Gasteiger partial charge in [0.25, 0.3) is 0 Å². The summed E-state index contributed by atoms with van der Waals surface area (Å²) in [5.74, 6) is 0.201. The van der Waals surface area contributed by atoms with Gasteiger partial charge in [0.1, 0.15) is 5.82 Å². The van der Waals surface area contributed by atoms with Crippen molar-refractivity contribution in [2.45, 2.75) is 32.8 Å². The molecule has 0 amide bonds. The first-order valence-electron chi connectivity index (χ1n) is 6.37. The highest BCUT2D eigenvalue weighted by Gasteiger charge is 2.27. The van der Waals surface area contributed by atoms with E-state index in [0.717, 1.165) is 0 Å². The molecule has 0 fully saturated rings. The normalized spacial score (nSPS) is 14.6. The molecular weight excluding hydrogens is 327 g/mol. The average Bonchev–Trinajstić information content (AvgIpc) is 2.80. The average molecular weight is 343 g/mol. The Labute approximate surface area is 125 Å². The lowest BCUT2D eigenvalue weighted by atomic mass is 9.91. The molecule has 0 saturated heterocycles. The number of hydrogen-bond acceptors (Lipinski definition) is 4. The zero-order chi connectivity index (χ0) is 14.9. The van der Waals surface area contributed by atoms with Gasteiger partial charge in [-0.15, -0.1) is 0 Å². The topological polar surface area (TPSA) is 59.2 Å². The van der Waals surface area contributed by atoms with Gasteiger partial charge in [-0.25, -0.2) is 4.39 Å². The molecule has 2 atom stereocenters. The van der Waals surface area contributed by atoms with Crippen molar-refractivity contribution in [3.63, 3.8) is 0 Å². The Bertz CT molecular complexity index is 591. The lowest BCUT2D eigenvalue weighted by molar-refractivity contribution is 0.120. The molecule has 1 aromatic heterocycles. The molecule has 0 spiro atoms. The molecule has 1 N–H and O–H groups in total. The van der Waals surface area contributed by atoms with Crippen molar-refractivity contribution < 1.29 is 14.0 Å². The van der Waals surface area contributed by atoms with Crippen LogP contribution in [0.2, 0.25) is 0 Å². The molecule has 6 heteroatoms. The SMILES string of the molecule is CC(C)C(c1nc(-c2cc(F)ccc2Br)no1)C(C)O. The van der Waals surface area contributed by atoms with Crippen LogP contribution in [0.3, 0.4) is 0 Å². The number of nitrogens with zero attached hydrogens (tertiary/aromatic N) is 2. The first kappa shape index (κ1) is 15.1. The molecule has 0 radical (unpaired) electrons. The number of rotatable bonds is 4. The molecule has 1 heterocycles. The fourth-order valence-electron chi connectivity index (χ4n) is 2.20. The Morgan fingerprint density at radius 3 is 2.60 bits per heavy atom.